The van der Waals surface area contributed by atoms with Gasteiger partial charge in [-0.05, 0) is 36.1 Å². The summed E-state index contributed by atoms with van der Waals surface area (Å²) >= 11 is 0. The lowest BCUT2D eigenvalue weighted by molar-refractivity contribution is -0.144. The van der Waals surface area contributed by atoms with E-state index in [4.69, 9.17) is 15.9 Å². The maximum absolute atomic E-state index is 13.3. The van der Waals surface area contributed by atoms with Gasteiger partial charge in [0.15, 0.2) is 0 Å². The topological polar surface area (TPSA) is 228 Å². The van der Waals surface area contributed by atoms with Crippen LogP contribution in [0.3, 0.4) is 0 Å². The van der Waals surface area contributed by atoms with Gasteiger partial charge in [-0.15, -0.1) is 0 Å². The summed E-state index contributed by atoms with van der Waals surface area (Å²) < 4.78 is 0. The lowest BCUT2D eigenvalue weighted by atomic mass is 10.0. The molecule has 0 aliphatic carbocycles. The predicted octanol–water partition coefficient (Wildman–Crippen LogP) is -1.10. The Bertz CT molecular complexity index is 1140. The number of carbonyl (C=O) groups is 5. The monoisotopic (exact) mass is 544 g/mol. The first-order valence-corrected chi connectivity index (χ1v) is 12.0. The SMILES string of the molecule is NC(Cc1ccc(O)cc1)C(=O)NC(Cc1ccccc1)C(=O)NC(CCC(=O)O)C(=O)NC(CO)C(=O)O. The van der Waals surface area contributed by atoms with Crippen molar-refractivity contribution < 1.29 is 44.4 Å². The molecule has 13 nitrogen and oxygen atoms in total. The Morgan fingerprint density at radius 3 is 1.82 bits per heavy atom. The molecule has 13 heteroatoms. The summed E-state index contributed by atoms with van der Waals surface area (Å²) in [5, 5.41) is 43.8. The first kappa shape index (κ1) is 30.7. The molecule has 0 aliphatic heterocycles. The van der Waals surface area contributed by atoms with Crippen LogP contribution in [-0.4, -0.2) is 80.9 Å². The summed E-state index contributed by atoms with van der Waals surface area (Å²) in [7, 11) is 0. The zero-order valence-electron chi connectivity index (χ0n) is 20.9. The van der Waals surface area contributed by atoms with Crippen LogP contribution in [0.4, 0.5) is 0 Å². The number of nitrogens with two attached hydrogens (primary N) is 1. The lowest BCUT2D eigenvalue weighted by Crippen LogP contribution is -2.58. The number of phenolic OH excluding ortho intramolecular Hbond substituents is 1. The number of carboxylic acids is 2. The van der Waals surface area contributed by atoms with E-state index in [1.54, 1.807) is 42.5 Å². The first-order chi connectivity index (χ1) is 18.5. The van der Waals surface area contributed by atoms with Gasteiger partial charge in [-0.25, -0.2) is 4.79 Å². The largest absolute Gasteiger partial charge is 0.508 e. The Kier molecular flexibility index (Phi) is 11.9. The zero-order valence-corrected chi connectivity index (χ0v) is 20.9. The number of carboxylic acid groups (broad SMARTS) is 2. The number of amides is 3. The lowest BCUT2D eigenvalue weighted by Gasteiger charge is -2.25. The van der Waals surface area contributed by atoms with Crippen molar-refractivity contribution in [2.45, 2.75) is 49.9 Å². The molecule has 2 aromatic carbocycles. The van der Waals surface area contributed by atoms with Gasteiger partial charge in [0.25, 0.3) is 0 Å². The molecule has 2 rings (SSSR count). The fraction of sp³-hybridized carbons (Fsp3) is 0.346. The van der Waals surface area contributed by atoms with Crippen molar-refractivity contribution in [1.82, 2.24) is 16.0 Å². The predicted molar refractivity (Wildman–Crippen MR) is 137 cm³/mol. The molecule has 39 heavy (non-hydrogen) atoms. The van der Waals surface area contributed by atoms with Crippen LogP contribution >= 0.6 is 0 Å². The van der Waals surface area contributed by atoms with Gasteiger partial charge in [-0.2, -0.15) is 0 Å². The highest BCUT2D eigenvalue weighted by molar-refractivity contribution is 5.94. The molecule has 4 atom stereocenters. The van der Waals surface area contributed by atoms with Crippen molar-refractivity contribution in [3.05, 3.63) is 65.7 Å². The van der Waals surface area contributed by atoms with Crippen LogP contribution in [0.1, 0.15) is 24.0 Å². The van der Waals surface area contributed by atoms with Crippen molar-refractivity contribution in [2.24, 2.45) is 5.73 Å². The summed E-state index contributed by atoms with van der Waals surface area (Å²) in [5.74, 6) is -5.24. The standard InChI is InChI=1S/C26H32N4O9/c27-18(12-16-6-8-17(32)9-7-16)23(35)29-20(13-15-4-2-1-3-5-15)25(37)28-19(10-11-22(33)34)24(36)30-21(14-31)26(38)39/h1-9,18-21,31-32H,10-14,27H2,(H,28,37)(H,29,35)(H,30,36)(H,33,34)(H,38,39). The second-order valence-electron chi connectivity index (χ2n) is 8.80. The van der Waals surface area contributed by atoms with Gasteiger partial charge in [0.2, 0.25) is 17.7 Å². The van der Waals surface area contributed by atoms with E-state index in [9.17, 15) is 34.2 Å². The van der Waals surface area contributed by atoms with Gasteiger partial charge in [-0.1, -0.05) is 42.5 Å². The van der Waals surface area contributed by atoms with Crippen molar-refractivity contribution >= 4 is 29.7 Å². The van der Waals surface area contributed by atoms with E-state index in [2.05, 4.69) is 16.0 Å². The molecule has 0 radical (unpaired) electrons. The minimum absolute atomic E-state index is 0.00596. The third kappa shape index (κ3) is 10.4. The Hall–Kier alpha value is -4.49. The number of aliphatic carboxylic acids is 2. The molecule has 3 amide bonds. The number of nitrogens with one attached hydrogen (secondary N) is 3. The van der Waals surface area contributed by atoms with Gasteiger partial charge >= 0.3 is 11.9 Å². The third-order valence-electron chi connectivity index (χ3n) is 5.72. The summed E-state index contributed by atoms with van der Waals surface area (Å²) in [5.41, 5.74) is 7.38. The van der Waals surface area contributed by atoms with Crippen LogP contribution in [0.5, 0.6) is 5.75 Å². The second kappa shape index (κ2) is 15.1. The molecule has 4 unspecified atom stereocenters. The minimum atomic E-state index is -1.67. The van der Waals surface area contributed by atoms with Gasteiger partial charge < -0.3 is 42.1 Å². The van der Waals surface area contributed by atoms with Crippen molar-refractivity contribution in [3.63, 3.8) is 0 Å². The Labute approximate surface area is 224 Å². The van der Waals surface area contributed by atoms with Crippen molar-refractivity contribution in [2.75, 3.05) is 6.61 Å². The van der Waals surface area contributed by atoms with Gasteiger partial charge in [0.05, 0.1) is 12.6 Å². The smallest absolute Gasteiger partial charge is 0.328 e. The number of phenols is 1. The fourth-order valence-electron chi connectivity index (χ4n) is 3.58. The highest BCUT2D eigenvalue weighted by Crippen LogP contribution is 2.11. The van der Waals surface area contributed by atoms with Crippen LogP contribution in [0.2, 0.25) is 0 Å². The average Bonchev–Trinajstić information content (AvgIpc) is 2.90. The van der Waals surface area contributed by atoms with E-state index in [1.807, 2.05) is 0 Å². The van der Waals surface area contributed by atoms with Crippen molar-refractivity contribution in [1.29, 1.82) is 0 Å². The Morgan fingerprint density at radius 2 is 1.26 bits per heavy atom. The third-order valence-corrected chi connectivity index (χ3v) is 5.72. The summed E-state index contributed by atoms with van der Waals surface area (Å²) in [6.07, 6.45) is -0.793. The minimum Gasteiger partial charge on any atom is -0.508 e. The normalized spacial score (nSPS) is 13.8. The molecular weight excluding hydrogens is 512 g/mol. The molecule has 0 bridgehead atoms. The molecule has 9 N–H and O–H groups in total. The van der Waals surface area contributed by atoms with E-state index in [-0.39, 0.29) is 25.0 Å². The van der Waals surface area contributed by atoms with E-state index in [0.717, 1.165) is 0 Å². The second-order valence-corrected chi connectivity index (χ2v) is 8.80. The summed E-state index contributed by atoms with van der Waals surface area (Å²) in [6.45, 7) is -0.924. The first-order valence-electron chi connectivity index (χ1n) is 12.0. The molecule has 0 aromatic heterocycles. The van der Waals surface area contributed by atoms with E-state index >= 15 is 0 Å². The number of aliphatic hydroxyl groups is 1. The number of benzene rings is 2. The van der Waals surface area contributed by atoms with Crippen LogP contribution < -0.4 is 21.7 Å². The number of aliphatic hydroxyl groups excluding tert-OH is 1. The highest BCUT2D eigenvalue weighted by Gasteiger charge is 2.30. The maximum Gasteiger partial charge on any atom is 0.328 e. The quantitative estimate of drug-likeness (QED) is 0.135. The van der Waals surface area contributed by atoms with Crippen LogP contribution in [0.15, 0.2) is 54.6 Å². The molecule has 0 spiro atoms. The van der Waals surface area contributed by atoms with E-state index < -0.39 is 66.9 Å². The van der Waals surface area contributed by atoms with E-state index in [1.165, 1.54) is 12.1 Å². The van der Waals surface area contributed by atoms with Crippen molar-refractivity contribution in [3.8, 4) is 5.75 Å². The van der Waals surface area contributed by atoms with E-state index in [0.29, 0.717) is 11.1 Å². The van der Waals surface area contributed by atoms with Crippen LogP contribution in [-0.2, 0) is 36.8 Å². The molecule has 0 fully saturated rings. The molecule has 0 saturated heterocycles. The van der Waals surface area contributed by atoms with Gasteiger partial charge in [-0.3, -0.25) is 19.2 Å². The number of rotatable bonds is 15. The molecule has 0 saturated carbocycles. The van der Waals surface area contributed by atoms with Crippen LogP contribution in [0, 0.1) is 0 Å². The van der Waals surface area contributed by atoms with Crippen LogP contribution in [0.25, 0.3) is 0 Å². The maximum atomic E-state index is 13.3. The summed E-state index contributed by atoms with van der Waals surface area (Å²) in [6, 6.07) is 9.31. The molecular formula is C26H32N4O9. The highest BCUT2D eigenvalue weighted by atomic mass is 16.4. The molecule has 0 aliphatic rings. The number of hydrogen-bond donors (Lipinski definition) is 8. The van der Waals surface area contributed by atoms with Gasteiger partial charge in [0.1, 0.15) is 23.9 Å². The van der Waals surface area contributed by atoms with Gasteiger partial charge in [0, 0.05) is 12.8 Å². The fourth-order valence-corrected chi connectivity index (χ4v) is 3.58. The zero-order chi connectivity index (χ0) is 28.9. The molecule has 2 aromatic rings. The Morgan fingerprint density at radius 1 is 0.718 bits per heavy atom. The Balaban J connectivity index is 2.21. The molecule has 210 valence electrons. The number of hydrogen-bond acceptors (Lipinski definition) is 8. The molecule has 0 heterocycles. The number of carbonyl (C=O) groups excluding carboxylic acids is 3. The summed E-state index contributed by atoms with van der Waals surface area (Å²) in [4.78, 5) is 61.1. The number of aromatic hydroxyl groups is 1. The average molecular weight is 545 g/mol.